The van der Waals surface area contributed by atoms with Crippen LogP contribution in [0.3, 0.4) is 0 Å². The van der Waals surface area contributed by atoms with Crippen LogP contribution in [0.15, 0.2) is 48.5 Å². The van der Waals surface area contributed by atoms with Crippen molar-refractivity contribution in [3.63, 3.8) is 0 Å². The zero-order valence-corrected chi connectivity index (χ0v) is 21.6. The molecule has 1 saturated carbocycles. The molecule has 192 valence electrons. The summed E-state index contributed by atoms with van der Waals surface area (Å²) in [6, 6.07) is 16.0. The van der Waals surface area contributed by atoms with Crippen LogP contribution < -0.4 is 15.5 Å². The second kappa shape index (κ2) is 10.5. The molecule has 0 radical (unpaired) electrons. The van der Waals surface area contributed by atoms with E-state index in [0.717, 1.165) is 50.0 Å². The molecule has 2 heterocycles. The van der Waals surface area contributed by atoms with Gasteiger partial charge < -0.3 is 25.2 Å². The van der Waals surface area contributed by atoms with Crippen LogP contribution in [-0.2, 0) is 9.53 Å². The molecule has 0 bridgehead atoms. The number of nitrogens with one attached hydrogen (secondary N) is 2. The Kier molecular flexibility index (Phi) is 7.19. The number of benzene rings is 2. The van der Waals surface area contributed by atoms with Crippen LogP contribution in [0.4, 0.5) is 11.4 Å². The third-order valence-electron chi connectivity index (χ3n) is 8.24. The van der Waals surface area contributed by atoms with Crippen LogP contribution in [0.2, 0.25) is 0 Å². The maximum Gasteiger partial charge on any atom is 0.253 e. The summed E-state index contributed by atoms with van der Waals surface area (Å²) in [5.74, 6) is 0.195. The molecule has 0 spiro atoms. The Morgan fingerprint density at radius 2 is 1.81 bits per heavy atom. The fraction of sp³-hybridized carbons (Fsp3) is 0.517. The molecule has 0 unspecified atom stereocenters. The van der Waals surface area contributed by atoms with Gasteiger partial charge >= 0.3 is 0 Å². The molecule has 7 heteroatoms. The van der Waals surface area contributed by atoms with Crippen molar-refractivity contribution in [2.45, 2.75) is 50.2 Å². The van der Waals surface area contributed by atoms with E-state index in [1.165, 1.54) is 5.56 Å². The lowest BCUT2D eigenvalue weighted by molar-refractivity contribution is -0.139. The van der Waals surface area contributed by atoms with Crippen molar-refractivity contribution < 1.29 is 14.3 Å². The molecular weight excluding hydrogens is 452 g/mol. The van der Waals surface area contributed by atoms with Crippen molar-refractivity contribution in [3.8, 4) is 0 Å². The molecule has 1 saturated heterocycles. The molecule has 7 nitrogen and oxygen atoms in total. The van der Waals surface area contributed by atoms with Gasteiger partial charge in [0, 0.05) is 51.1 Å². The first-order valence-electron chi connectivity index (χ1n) is 13.2. The highest BCUT2D eigenvalue weighted by atomic mass is 16.5. The number of ether oxygens (including phenoxy) is 1. The number of hydrogen-bond acceptors (Lipinski definition) is 5. The van der Waals surface area contributed by atoms with Gasteiger partial charge in [-0.25, -0.2) is 0 Å². The number of carbonyl (C=O) groups is 2. The normalized spacial score (nSPS) is 27.0. The number of amides is 2. The van der Waals surface area contributed by atoms with Gasteiger partial charge in [0.15, 0.2) is 0 Å². The Balaban J connectivity index is 1.38. The maximum absolute atomic E-state index is 14.1. The quantitative estimate of drug-likeness (QED) is 0.639. The summed E-state index contributed by atoms with van der Waals surface area (Å²) in [6.07, 6.45) is 4.64. The molecular formula is C29H38N4O3. The number of para-hydroxylation sites is 2. The van der Waals surface area contributed by atoms with Gasteiger partial charge in [-0.05, 0) is 43.0 Å². The highest BCUT2D eigenvalue weighted by Gasteiger charge is 2.48. The first-order chi connectivity index (χ1) is 17.5. The largest absolute Gasteiger partial charge is 0.383 e. The highest BCUT2D eigenvalue weighted by molar-refractivity contribution is 6.00. The second-order valence-electron chi connectivity index (χ2n) is 10.6. The predicted octanol–water partition coefficient (Wildman–Crippen LogP) is 4.07. The van der Waals surface area contributed by atoms with Crippen LogP contribution in [0, 0.1) is 11.8 Å². The minimum absolute atomic E-state index is 0.0443. The summed E-state index contributed by atoms with van der Waals surface area (Å²) in [4.78, 5) is 31.6. The van der Waals surface area contributed by atoms with Crippen LogP contribution in [0.1, 0.15) is 54.1 Å². The lowest BCUT2D eigenvalue weighted by Crippen LogP contribution is -2.50. The van der Waals surface area contributed by atoms with E-state index >= 15 is 0 Å². The van der Waals surface area contributed by atoms with E-state index in [1.54, 1.807) is 7.11 Å². The summed E-state index contributed by atoms with van der Waals surface area (Å²) in [5.41, 5.74) is 3.81. The maximum atomic E-state index is 14.1. The number of methoxy groups -OCH3 is 1. The first-order valence-corrected chi connectivity index (χ1v) is 13.2. The van der Waals surface area contributed by atoms with E-state index in [9.17, 15) is 9.59 Å². The smallest absolute Gasteiger partial charge is 0.253 e. The molecule has 2 aliphatic heterocycles. The Morgan fingerprint density at radius 1 is 1.06 bits per heavy atom. The van der Waals surface area contributed by atoms with Crippen LogP contribution >= 0.6 is 0 Å². The van der Waals surface area contributed by atoms with Gasteiger partial charge in [-0.2, -0.15) is 0 Å². The number of carbonyl (C=O) groups excluding carboxylic acids is 2. The number of nitrogens with zero attached hydrogens (tertiary/aromatic N) is 2. The van der Waals surface area contributed by atoms with Gasteiger partial charge in [0.05, 0.1) is 30.2 Å². The van der Waals surface area contributed by atoms with E-state index in [4.69, 9.17) is 4.74 Å². The number of rotatable bonds is 6. The lowest BCUT2D eigenvalue weighted by atomic mass is 9.81. The Labute approximate surface area is 214 Å². The average Bonchev–Trinajstić information content (AvgIpc) is 3.35. The van der Waals surface area contributed by atoms with Crippen molar-refractivity contribution in [2.75, 3.05) is 44.6 Å². The van der Waals surface area contributed by atoms with Gasteiger partial charge in [-0.15, -0.1) is 0 Å². The minimum atomic E-state index is -0.198. The van der Waals surface area contributed by atoms with Gasteiger partial charge in [-0.1, -0.05) is 43.2 Å². The van der Waals surface area contributed by atoms with Crippen LogP contribution in [0.5, 0.6) is 0 Å². The molecule has 2 aromatic rings. The molecule has 2 aromatic carbocycles. The molecule has 0 aromatic heterocycles. The summed E-state index contributed by atoms with van der Waals surface area (Å²) < 4.78 is 5.53. The summed E-state index contributed by atoms with van der Waals surface area (Å²) in [6.45, 7) is 1.36. The van der Waals surface area contributed by atoms with Gasteiger partial charge in [-0.3, -0.25) is 9.59 Å². The minimum Gasteiger partial charge on any atom is -0.383 e. The lowest BCUT2D eigenvalue weighted by Gasteiger charge is -2.41. The summed E-state index contributed by atoms with van der Waals surface area (Å²) in [5, 5.41) is 6.91. The van der Waals surface area contributed by atoms with Gasteiger partial charge in [0.25, 0.3) is 5.91 Å². The molecule has 5 rings (SSSR count). The third-order valence-corrected chi connectivity index (χ3v) is 8.24. The monoisotopic (exact) mass is 490 g/mol. The topological polar surface area (TPSA) is 73.9 Å². The second-order valence-corrected chi connectivity index (χ2v) is 10.6. The van der Waals surface area contributed by atoms with Crippen LogP contribution in [-0.4, -0.2) is 63.2 Å². The van der Waals surface area contributed by atoms with Crippen molar-refractivity contribution in [3.05, 3.63) is 59.7 Å². The third kappa shape index (κ3) is 4.57. The Bertz CT molecular complexity index is 1100. The standard InChI is InChI=1S/C29H38N4O3/c1-32(2)26-15-9-6-12-22(26)28(34)31-24-14-8-5-11-21(24)29(35)33-17-16-20-25(18-36-3)30-23-13-7-4-10-19(23)27(20)33/h4,6-7,9-10,12-13,15,20-21,24-25,27,30H,5,8,11,14,16-18H2,1-3H3,(H,31,34)/t20-,21-,24+,25-,27-/m0/s1. The molecule has 1 aliphatic carbocycles. The fourth-order valence-electron chi connectivity index (χ4n) is 6.54. The van der Waals surface area contributed by atoms with Crippen molar-refractivity contribution in [1.82, 2.24) is 10.2 Å². The zero-order valence-electron chi connectivity index (χ0n) is 21.6. The SMILES string of the molecule is COC[C@@H]1Nc2ccccc2[C@H]2[C@H]1CCN2C(=O)[C@H]1CCCC[C@H]1NC(=O)c1ccccc1N(C)C. The van der Waals surface area contributed by atoms with Gasteiger partial charge in [0.1, 0.15) is 0 Å². The number of likely N-dealkylation sites (tertiary alicyclic amines) is 1. The highest BCUT2D eigenvalue weighted by Crippen LogP contribution is 2.47. The zero-order chi connectivity index (χ0) is 25.2. The number of anilines is 2. The molecule has 2 amide bonds. The van der Waals surface area contributed by atoms with E-state index in [0.29, 0.717) is 18.1 Å². The Hall–Kier alpha value is -3.06. The number of hydrogen-bond donors (Lipinski definition) is 2. The molecule has 5 atom stereocenters. The fourth-order valence-corrected chi connectivity index (χ4v) is 6.54. The van der Waals surface area contributed by atoms with Crippen molar-refractivity contribution in [1.29, 1.82) is 0 Å². The predicted molar refractivity (Wildman–Crippen MR) is 142 cm³/mol. The van der Waals surface area contributed by atoms with Crippen molar-refractivity contribution in [2.24, 2.45) is 11.8 Å². The Morgan fingerprint density at radius 3 is 2.61 bits per heavy atom. The number of fused-ring (bicyclic) bond motifs is 3. The first kappa shape index (κ1) is 24.6. The van der Waals surface area contributed by atoms with Gasteiger partial charge in [0.2, 0.25) is 5.91 Å². The molecule has 3 aliphatic rings. The van der Waals surface area contributed by atoms with Crippen molar-refractivity contribution >= 4 is 23.2 Å². The van der Waals surface area contributed by atoms with E-state index in [2.05, 4.69) is 33.7 Å². The van der Waals surface area contributed by atoms with Crippen LogP contribution in [0.25, 0.3) is 0 Å². The average molecular weight is 491 g/mol. The molecule has 2 fully saturated rings. The van der Waals surface area contributed by atoms with E-state index in [-0.39, 0.29) is 35.9 Å². The van der Waals surface area contributed by atoms with E-state index < -0.39 is 0 Å². The molecule has 36 heavy (non-hydrogen) atoms. The van der Waals surface area contributed by atoms with E-state index in [1.807, 2.05) is 49.3 Å². The summed E-state index contributed by atoms with van der Waals surface area (Å²) in [7, 11) is 5.62. The molecule has 2 N–H and O–H groups in total. The summed E-state index contributed by atoms with van der Waals surface area (Å²) >= 11 is 0.